The van der Waals surface area contributed by atoms with Gasteiger partial charge in [-0.3, -0.25) is 0 Å². The minimum Gasteiger partial charge on any atom is -0.394 e. The summed E-state index contributed by atoms with van der Waals surface area (Å²) in [5, 5.41) is 48.4. The molecule has 7 heteroatoms. The molecule has 2 rings (SSSR count). The van der Waals surface area contributed by atoms with Crippen molar-refractivity contribution in [3.05, 3.63) is 35.4 Å². The van der Waals surface area contributed by atoms with Crippen LogP contribution >= 0.6 is 0 Å². The average molecular weight is 300 g/mol. The molecule has 21 heavy (non-hydrogen) atoms. The standard InChI is InChI=1S/C14H20O7/c1-8-4-2-3-5-9(8)7-20-14(19)13(18)12(17)11(16)10(6-15)21-14/h2-5,10-13,15-19H,6-7H2,1H3/t10-,11+,12+,13-,14?/m1/s1. The average Bonchev–Trinajstić information content (AvgIpc) is 2.48. The summed E-state index contributed by atoms with van der Waals surface area (Å²) in [6.07, 6.45) is -6.34. The van der Waals surface area contributed by atoms with Crippen molar-refractivity contribution in [3.8, 4) is 0 Å². The van der Waals surface area contributed by atoms with Gasteiger partial charge >= 0.3 is 5.97 Å². The maximum atomic E-state index is 10.2. The molecule has 0 amide bonds. The van der Waals surface area contributed by atoms with Crippen LogP contribution in [0.4, 0.5) is 0 Å². The molecule has 1 fully saturated rings. The van der Waals surface area contributed by atoms with Crippen LogP contribution < -0.4 is 0 Å². The Hall–Kier alpha value is -1.06. The molecule has 0 aromatic heterocycles. The lowest BCUT2D eigenvalue weighted by atomic mass is 9.98. The Morgan fingerprint density at radius 3 is 2.48 bits per heavy atom. The van der Waals surface area contributed by atoms with Crippen molar-refractivity contribution in [1.29, 1.82) is 0 Å². The zero-order valence-electron chi connectivity index (χ0n) is 11.6. The maximum absolute atomic E-state index is 10.2. The second-order valence-electron chi connectivity index (χ2n) is 5.11. The second-order valence-corrected chi connectivity index (χ2v) is 5.11. The summed E-state index contributed by atoms with van der Waals surface area (Å²) in [6.45, 7) is 1.15. The van der Waals surface area contributed by atoms with E-state index in [9.17, 15) is 20.4 Å². The van der Waals surface area contributed by atoms with Crippen molar-refractivity contribution in [1.82, 2.24) is 0 Å². The van der Waals surface area contributed by atoms with Gasteiger partial charge in [-0.1, -0.05) is 24.3 Å². The quantitative estimate of drug-likeness (QED) is 0.435. The molecule has 1 aliphatic rings. The van der Waals surface area contributed by atoms with Gasteiger partial charge in [0.2, 0.25) is 0 Å². The molecule has 1 aliphatic heterocycles. The van der Waals surface area contributed by atoms with Gasteiger partial charge in [0.15, 0.2) is 6.10 Å². The van der Waals surface area contributed by atoms with Gasteiger partial charge in [0.05, 0.1) is 13.2 Å². The van der Waals surface area contributed by atoms with E-state index in [0.29, 0.717) is 0 Å². The van der Waals surface area contributed by atoms with Crippen LogP contribution in [-0.4, -0.2) is 62.5 Å². The zero-order chi connectivity index (χ0) is 15.6. The van der Waals surface area contributed by atoms with Gasteiger partial charge in [-0.15, -0.1) is 0 Å². The Kier molecular flexibility index (Phi) is 4.95. The largest absolute Gasteiger partial charge is 0.394 e. The number of aliphatic hydroxyl groups is 5. The predicted molar refractivity (Wildman–Crippen MR) is 70.9 cm³/mol. The summed E-state index contributed by atoms with van der Waals surface area (Å²) < 4.78 is 10.2. The molecule has 118 valence electrons. The van der Waals surface area contributed by atoms with Crippen LogP contribution in [0.1, 0.15) is 11.1 Å². The number of rotatable bonds is 4. The summed E-state index contributed by atoms with van der Waals surface area (Å²) in [5.41, 5.74) is 1.69. The molecule has 1 aromatic rings. The lowest BCUT2D eigenvalue weighted by Crippen LogP contribution is -2.66. The van der Waals surface area contributed by atoms with Gasteiger partial charge in [0.25, 0.3) is 0 Å². The SMILES string of the molecule is Cc1ccccc1COC1(O)O[C@H](CO)[C@H](O)[C@H](O)[C@H]1O. The smallest absolute Gasteiger partial charge is 0.311 e. The third kappa shape index (κ3) is 3.24. The summed E-state index contributed by atoms with van der Waals surface area (Å²) in [5.74, 6) is -2.51. The number of aliphatic hydroxyl groups excluding tert-OH is 4. The van der Waals surface area contributed by atoms with Gasteiger partial charge in [-0.2, -0.15) is 0 Å². The van der Waals surface area contributed by atoms with Crippen LogP contribution in [-0.2, 0) is 16.1 Å². The molecule has 1 heterocycles. The van der Waals surface area contributed by atoms with Crippen molar-refractivity contribution in [2.75, 3.05) is 6.61 Å². The highest BCUT2D eigenvalue weighted by atomic mass is 16.8. The molecular formula is C14H20O7. The molecule has 7 nitrogen and oxygen atoms in total. The van der Waals surface area contributed by atoms with Gasteiger partial charge in [-0.25, -0.2) is 0 Å². The highest BCUT2D eigenvalue weighted by molar-refractivity contribution is 5.24. The fourth-order valence-corrected chi connectivity index (χ4v) is 2.20. The molecule has 5 atom stereocenters. The van der Waals surface area contributed by atoms with E-state index in [1.54, 1.807) is 12.1 Å². The van der Waals surface area contributed by atoms with Crippen LogP contribution in [0, 0.1) is 6.92 Å². The highest BCUT2D eigenvalue weighted by Crippen LogP contribution is 2.30. The minimum absolute atomic E-state index is 0.0683. The molecule has 0 aliphatic carbocycles. The predicted octanol–water partition coefficient (Wildman–Crippen LogP) is -1.37. The van der Waals surface area contributed by atoms with Gasteiger partial charge in [-0.05, 0) is 18.1 Å². The van der Waals surface area contributed by atoms with Crippen LogP contribution in [0.3, 0.4) is 0 Å². The molecule has 0 radical (unpaired) electrons. The van der Waals surface area contributed by atoms with Crippen LogP contribution in [0.25, 0.3) is 0 Å². The molecular weight excluding hydrogens is 280 g/mol. The molecule has 1 aromatic carbocycles. The Balaban J connectivity index is 2.11. The van der Waals surface area contributed by atoms with Crippen molar-refractivity contribution in [2.24, 2.45) is 0 Å². The van der Waals surface area contributed by atoms with Crippen LogP contribution in [0.15, 0.2) is 24.3 Å². The Labute approximate surface area is 122 Å². The van der Waals surface area contributed by atoms with E-state index >= 15 is 0 Å². The van der Waals surface area contributed by atoms with Crippen molar-refractivity contribution < 1.29 is 35.0 Å². The number of benzene rings is 1. The third-order valence-corrected chi connectivity index (χ3v) is 3.62. The number of hydrogen-bond donors (Lipinski definition) is 5. The van der Waals surface area contributed by atoms with E-state index < -0.39 is 37.0 Å². The van der Waals surface area contributed by atoms with E-state index in [2.05, 4.69) is 0 Å². The van der Waals surface area contributed by atoms with E-state index in [1.807, 2.05) is 19.1 Å². The molecule has 1 saturated heterocycles. The fourth-order valence-electron chi connectivity index (χ4n) is 2.20. The number of aryl methyl sites for hydroxylation is 1. The molecule has 1 unspecified atom stereocenters. The summed E-state index contributed by atoms with van der Waals surface area (Å²) in [4.78, 5) is 0. The first-order valence-corrected chi connectivity index (χ1v) is 6.62. The zero-order valence-corrected chi connectivity index (χ0v) is 11.6. The van der Waals surface area contributed by atoms with Crippen LogP contribution in [0.5, 0.6) is 0 Å². The summed E-state index contributed by atoms with van der Waals surface area (Å²) in [6, 6.07) is 7.28. The van der Waals surface area contributed by atoms with E-state index in [4.69, 9.17) is 14.6 Å². The lowest BCUT2D eigenvalue weighted by molar-refractivity contribution is -0.452. The molecule has 0 saturated carbocycles. The van der Waals surface area contributed by atoms with Crippen molar-refractivity contribution in [2.45, 2.75) is 43.9 Å². The first-order chi connectivity index (χ1) is 9.89. The topological polar surface area (TPSA) is 120 Å². The van der Waals surface area contributed by atoms with Crippen LogP contribution in [0.2, 0.25) is 0 Å². The fraction of sp³-hybridized carbons (Fsp3) is 0.571. The normalized spacial score (nSPS) is 36.7. The molecule has 0 spiro atoms. The van der Waals surface area contributed by atoms with E-state index in [-0.39, 0.29) is 6.61 Å². The lowest BCUT2D eigenvalue weighted by Gasteiger charge is -2.44. The number of ether oxygens (including phenoxy) is 2. The summed E-state index contributed by atoms with van der Waals surface area (Å²) >= 11 is 0. The number of hydrogen-bond acceptors (Lipinski definition) is 7. The Morgan fingerprint density at radius 1 is 1.19 bits per heavy atom. The molecule has 0 bridgehead atoms. The maximum Gasteiger partial charge on any atom is 0.311 e. The molecule has 5 N–H and O–H groups in total. The van der Waals surface area contributed by atoms with Gasteiger partial charge < -0.3 is 35.0 Å². The highest BCUT2D eigenvalue weighted by Gasteiger charge is 2.54. The first-order valence-electron chi connectivity index (χ1n) is 6.62. The second kappa shape index (κ2) is 6.37. The minimum atomic E-state index is -2.51. The van der Waals surface area contributed by atoms with E-state index in [0.717, 1.165) is 11.1 Å². The monoisotopic (exact) mass is 300 g/mol. The third-order valence-electron chi connectivity index (χ3n) is 3.62. The summed E-state index contributed by atoms with van der Waals surface area (Å²) in [7, 11) is 0. The van der Waals surface area contributed by atoms with Gasteiger partial charge in [0, 0.05) is 0 Å². The van der Waals surface area contributed by atoms with E-state index in [1.165, 1.54) is 0 Å². The van der Waals surface area contributed by atoms with Gasteiger partial charge in [0.1, 0.15) is 18.3 Å². The van der Waals surface area contributed by atoms with Crippen molar-refractivity contribution >= 4 is 0 Å². The first kappa shape index (κ1) is 16.3. The Bertz CT molecular complexity index is 478. The Morgan fingerprint density at radius 2 is 1.86 bits per heavy atom. The van der Waals surface area contributed by atoms with Crippen molar-refractivity contribution in [3.63, 3.8) is 0 Å².